The molecule has 0 radical (unpaired) electrons. The normalized spacial score (nSPS) is 21.2. The summed E-state index contributed by atoms with van der Waals surface area (Å²) in [6, 6.07) is 4.68. The Morgan fingerprint density at radius 3 is 2.68 bits per heavy atom. The fourth-order valence-electron chi connectivity index (χ4n) is 2.81. The molecule has 22 heavy (non-hydrogen) atoms. The SMILES string of the molecule is CNC(=O)C1CCCC1Nc1cc(C#N)ccc1C(F)(F)F. The van der Waals surface area contributed by atoms with Crippen molar-refractivity contribution in [2.75, 3.05) is 12.4 Å². The zero-order valence-corrected chi connectivity index (χ0v) is 12.0. The van der Waals surface area contributed by atoms with Gasteiger partial charge in [-0.1, -0.05) is 6.42 Å². The van der Waals surface area contributed by atoms with Gasteiger partial charge in [-0.05, 0) is 31.0 Å². The number of nitrogens with zero attached hydrogens (tertiary/aromatic N) is 1. The number of carbonyl (C=O) groups excluding carboxylic acids is 1. The van der Waals surface area contributed by atoms with Crippen molar-refractivity contribution in [2.24, 2.45) is 5.92 Å². The summed E-state index contributed by atoms with van der Waals surface area (Å²) in [4.78, 5) is 11.8. The van der Waals surface area contributed by atoms with Crippen LogP contribution in [-0.2, 0) is 11.0 Å². The number of nitrogens with one attached hydrogen (secondary N) is 2. The van der Waals surface area contributed by atoms with Crippen LogP contribution in [-0.4, -0.2) is 19.0 Å². The molecule has 0 heterocycles. The third-order valence-electron chi connectivity index (χ3n) is 3.89. The minimum Gasteiger partial charge on any atom is -0.381 e. The number of anilines is 1. The van der Waals surface area contributed by atoms with Gasteiger partial charge in [0.1, 0.15) is 0 Å². The largest absolute Gasteiger partial charge is 0.418 e. The van der Waals surface area contributed by atoms with Gasteiger partial charge in [0, 0.05) is 18.8 Å². The highest BCUT2D eigenvalue weighted by atomic mass is 19.4. The number of amides is 1. The fraction of sp³-hybridized carbons (Fsp3) is 0.467. The molecular formula is C15H16F3N3O. The van der Waals surface area contributed by atoms with Crippen molar-refractivity contribution in [1.82, 2.24) is 5.32 Å². The van der Waals surface area contributed by atoms with Gasteiger partial charge in [0.05, 0.1) is 23.1 Å². The van der Waals surface area contributed by atoms with Gasteiger partial charge in [-0.15, -0.1) is 0 Å². The van der Waals surface area contributed by atoms with E-state index in [0.717, 1.165) is 18.6 Å². The van der Waals surface area contributed by atoms with E-state index in [2.05, 4.69) is 10.6 Å². The van der Waals surface area contributed by atoms with Crippen LogP contribution in [0.1, 0.15) is 30.4 Å². The van der Waals surface area contributed by atoms with Crippen molar-refractivity contribution in [3.8, 4) is 6.07 Å². The zero-order chi connectivity index (χ0) is 16.3. The van der Waals surface area contributed by atoms with Gasteiger partial charge >= 0.3 is 6.18 Å². The van der Waals surface area contributed by atoms with E-state index >= 15 is 0 Å². The molecule has 0 aliphatic heterocycles. The second-order valence-corrected chi connectivity index (χ2v) is 5.27. The average Bonchev–Trinajstić information content (AvgIpc) is 2.93. The summed E-state index contributed by atoms with van der Waals surface area (Å²) in [6.45, 7) is 0. The van der Waals surface area contributed by atoms with Crippen LogP contribution >= 0.6 is 0 Å². The first-order chi connectivity index (χ1) is 10.4. The van der Waals surface area contributed by atoms with E-state index in [1.807, 2.05) is 6.07 Å². The molecule has 0 bridgehead atoms. The van der Waals surface area contributed by atoms with Gasteiger partial charge < -0.3 is 10.6 Å². The summed E-state index contributed by atoms with van der Waals surface area (Å²) in [5.74, 6) is -0.545. The summed E-state index contributed by atoms with van der Waals surface area (Å²) in [5, 5.41) is 14.2. The number of hydrogen-bond donors (Lipinski definition) is 2. The highest BCUT2D eigenvalue weighted by Crippen LogP contribution is 2.37. The van der Waals surface area contributed by atoms with Gasteiger partial charge in [-0.3, -0.25) is 4.79 Å². The van der Waals surface area contributed by atoms with E-state index in [9.17, 15) is 18.0 Å². The number of benzene rings is 1. The van der Waals surface area contributed by atoms with Gasteiger partial charge in [0.15, 0.2) is 0 Å². The van der Waals surface area contributed by atoms with Crippen molar-refractivity contribution >= 4 is 11.6 Å². The van der Waals surface area contributed by atoms with Crippen LogP contribution in [0.2, 0.25) is 0 Å². The van der Waals surface area contributed by atoms with E-state index in [4.69, 9.17) is 5.26 Å². The molecule has 1 aliphatic rings. The van der Waals surface area contributed by atoms with Gasteiger partial charge in [-0.2, -0.15) is 18.4 Å². The molecule has 1 aromatic rings. The quantitative estimate of drug-likeness (QED) is 0.902. The molecule has 118 valence electrons. The Balaban J connectivity index is 2.31. The van der Waals surface area contributed by atoms with Crippen molar-refractivity contribution < 1.29 is 18.0 Å². The Labute approximate surface area is 126 Å². The highest BCUT2D eigenvalue weighted by molar-refractivity contribution is 5.80. The van der Waals surface area contributed by atoms with E-state index < -0.39 is 11.7 Å². The van der Waals surface area contributed by atoms with E-state index in [0.29, 0.717) is 12.8 Å². The number of carbonyl (C=O) groups is 1. The maximum Gasteiger partial charge on any atom is 0.418 e. The summed E-state index contributed by atoms with van der Waals surface area (Å²) in [6.07, 6.45) is -2.49. The molecule has 7 heteroatoms. The third-order valence-corrected chi connectivity index (χ3v) is 3.89. The summed E-state index contributed by atoms with van der Waals surface area (Å²) in [5.41, 5.74) is -0.827. The molecule has 1 fully saturated rings. The Bertz CT molecular complexity index is 607. The lowest BCUT2D eigenvalue weighted by Crippen LogP contribution is -2.36. The molecule has 2 unspecified atom stereocenters. The molecule has 2 N–H and O–H groups in total. The lowest BCUT2D eigenvalue weighted by atomic mass is 10.0. The smallest absolute Gasteiger partial charge is 0.381 e. The molecule has 1 aromatic carbocycles. The predicted octanol–water partition coefficient (Wildman–Crippen LogP) is 2.90. The Morgan fingerprint density at radius 1 is 1.36 bits per heavy atom. The number of rotatable bonds is 3. The number of halogens is 3. The first kappa shape index (κ1) is 16.1. The lowest BCUT2D eigenvalue weighted by molar-refractivity contribution is -0.137. The fourth-order valence-corrected chi connectivity index (χ4v) is 2.81. The van der Waals surface area contributed by atoms with Gasteiger partial charge in [0.2, 0.25) is 5.91 Å². The zero-order valence-electron chi connectivity index (χ0n) is 12.0. The lowest BCUT2D eigenvalue weighted by Gasteiger charge is -2.23. The first-order valence-corrected chi connectivity index (χ1v) is 6.96. The molecule has 2 atom stereocenters. The average molecular weight is 311 g/mol. The van der Waals surface area contributed by atoms with Crippen LogP contribution in [0.3, 0.4) is 0 Å². The van der Waals surface area contributed by atoms with Crippen LogP contribution in [0.4, 0.5) is 18.9 Å². The number of hydrogen-bond acceptors (Lipinski definition) is 3. The van der Waals surface area contributed by atoms with Crippen LogP contribution < -0.4 is 10.6 Å². The molecule has 1 amide bonds. The third kappa shape index (κ3) is 3.32. The Hall–Kier alpha value is -2.23. The van der Waals surface area contributed by atoms with Crippen molar-refractivity contribution in [3.05, 3.63) is 29.3 Å². The van der Waals surface area contributed by atoms with Crippen LogP contribution in [0.25, 0.3) is 0 Å². The molecular weight excluding hydrogens is 295 g/mol. The molecule has 0 saturated heterocycles. The molecule has 0 spiro atoms. The molecule has 4 nitrogen and oxygen atoms in total. The maximum absolute atomic E-state index is 13.1. The predicted molar refractivity (Wildman–Crippen MR) is 75.0 cm³/mol. The van der Waals surface area contributed by atoms with Gasteiger partial charge in [0.25, 0.3) is 0 Å². The minimum atomic E-state index is -4.52. The van der Waals surface area contributed by atoms with E-state index in [-0.39, 0.29) is 29.1 Å². The van der Waals surface area contributed by atoms with Crippen LogP contribution in [0.15, 0.2) is 18.2 Å². The number of nitriles is 1. The first-order valence-electron chi connectivity index (χ1n) is 6.96. The monoisotopic (exact) mass is 311 g/mol. The molecule has 0 aromatic heterocycles. The van der Waals surface area contributed by atoms with E-state index in [1.54, 1.807) is 0 Å². The van der Waals surface area contributed by atoms with Crippen molar-refractivity contribution in [2.45, 2.75) is 31.5 Å². The Morgan fingerprint density at radius 2 is 2.09 bits per heavy atom. The summed E-state index contributed by atoms with van der Waals surface area (Å²) < 4.78 is 39.2. The minimum absolute atomic E-state index is 0.144. The topological polar surface area (TPSA) is 64.9 Å². The van der Waals surface area contributed by atoms with Gasteiger partial charge in [-0.25, -0.2) is 0 Å². The summed E-state index contributed by atoms with van der Waals surface area (Å²) in [7, 11) is 1.51. The van der Waals surface area contributed by atoms with Crippen molar-refractivity contribution in [3.63, 3.8) is 0 Å². The molecule has 1 aliphatic carbocycles. The molecule has 2 rings (SSSR count). The van der Waals surface area contributed by atoms with Crippen LogP contribution in [0.5, 0.6) is 0 Å². The standard InChI is InChI=1S/C15H16F3N3O/c1-20-14(22)10-3-2-4-12(10)21-13-7-9(8-19)5-6-11(13)15(16,17)18/h5-7,10,12,21H,2-4H2,1H3,(H,20,22). The van der Waals surface area contributed by atoms with Crippen LogP contribution in [0, 0.1) is 17.2 Å². The highest BCUT2D eigenvalue weighted by Gasteiger charge is 2.37. The second-order valence-electron chi connectivity index (χ2n) is 5.27. The van der Waals surface area contributed by atoms with Crippen molar-refractivity contribution in [1.29, 1.82) is 5.26 Å². The van der Waals surface area contributed by atoms with E-state index in [1.165, 1.54) is 13.1 Å². The Kier molecular flexibility index (Phi) is 4.59. The summed E-state index contributed by atoms with van der Waals surface area (Å²) >= 11 is 0. The second kappa shape index (κ2) is 6.26. The molecule has 1 saturated carbocycles. The maximum atomic E-state index is 13.1. The number of alkyl halides is 3.